The largest absolute Gasteiger partial charge is 0.353 e. The topological polar surface area (TPSA) is 52.7 Å². The highest BCUT2D eigenvalue weighted by Crippen LogP contribution is 2.23. The second-order valence-electron chi connectivity index (χ2n) is 8.41. The Morgan fingerprint density at radius 3 is 2.20 bits per heavy atom. The van der Waals surface area contributed by atoms with Crippen LogP contribution in [0.25, 0.3) is 12.2 Å². The number of carbonyl (C=O) groups is 2. The van der Waals surface area contributed by atoms with Crippen LogP contribution in [0.15, 0.2) is 54.6 Å². The number of amides is 2. The van der Waals surface area contributed by atoms with Crippen LogP contribution < -0.4 is 5.32 Å². The van der Waals surface area contributed by atoms with Crippen LogP contribution in [-0.2, 0) is 9.59 Å². The average Bonchev–Trinajstić information content (AvgIpc) is 2.86. The number of rotatable bonds is 10. The molecule has 8 heteroatoms. The lowest BCUT2D eigenvalue weighted by atomic mass is 10.2. The van der Waals surface area contributed by atoms with Gasteiger partial charge in [-0.15, -0.1) is 0 Å². The first-order valence-electron chi connectivity index (χ1n) is 11.8. The number of hydrogen-bond acceptors (Lipinski definition) is 3. The summed E-state index contributed by atoms with van der Waals surface area (Å²) in [5, 5.41) is 4.57. The lowest BCUT2D eigenvalue weighted by molar-refractivity contribution is -0.127. The molecular formula is C27H30Cl3N3O2. The molecule has 5 nitrogen and oxygen atoms in total. The molecule has 1 aliphatic heterocycles. The van der Waals surface area contributed by atoms with Gasteiger partial charge < -0.3 is 10.2 Å². The normalized spacial score (nSPS) is 14.7. The summed E-state index contributed by atoms with van der Waals surface area (Å²) in [6, 6.07) is 12.6. The molecule has 2 aromatic carbocycles. The maximum Gasteiger partial charge on any atom is 0.246 e. The smallest absolute Gasteiger partial charge is 0.246 e. The van der Waals surface area contributed by atoms with E-state index in [2.05, 4.69) is 10.2 Å². The number of nitrogens with one attached hydrogen (secondary N) is 1. The molecule has 186 valence electrons. The predicted molar refractivity (Wildman–Crippen MR) is 146 cm³/mol. The summed E-state index contributed by atoms with van der Waals surface area (Å²) >= 11 is 17.8. The Labute approximate surface area is 222 Å². The first-order chi connectivity index (χ1) is 16.9. The minimum absolute atomic E-state index is 0.0107. The van der Waals surface area contributed by atoms with Crippen molar-refractivity contribution in [2.45, 2.75) is 19.3 Å². The minimum atomic E-state index is -0.0889. The molecule has 2 amide bonds. The maximum atomic E-state index is 12.5. The number of hydrogen-bond donors (Lipinski definition) is 1. The molecule has 0 atom stereocenters. The molecule has 0 aliphatic carbocycles. The van der Waals surface area contributed by atoms with Gasteiger partial charge in [-0.1, -0.05) is 59.4 Å². The number of benzene rings is 2. The first-order valence-corrected chi connectivity index (χ1v) is 12.9. The first kappa shape index (κ1) is 27.3. The summed E-state index contributed by atoms with van der Waals surface area (Å²) in [7, 11) is 0. The number of halogens is 3. The molecule has 0 bridgehead atoms. The lowest BCUT2D eigenvalue weighted by Crippen LogP contribution is -2.48. The Bertz CT molecular complexity index is 1050. The summed E-state index contributed by atoms with van der Waals surface area (Å²) in [4.78, 5) is 28.7. The highest BCUT2D eigenvalue weighted by Gasteiger charge is 2.19. The average molecular weight is 535 g/mol. The Morgan fingerprint density at radius 1 is 0.800 bits per heavy atom. The van der Waals surface area contributed by atoms with Crippen molar-refractivity contribution in [2.24, 2.45) is 0 Å². The van der Waals surface area contributed by atoms with Gasteiger partial charge in [-0.25, -0.2) is 0 Å². The Balaban J connectivity index is 1.25. The fraction of sp³-hybridized carbons (Fsp3) is 0.333. The van der Waals surface area contributed by atoms with Crippen molar-refractivity contribution in [1.82, 2.24) is 15.1 Å². The van der Waals surface area contributed by atoms with Crippen LogP contribution in [0.2, 0.25) is 15.1 Å². The van der Waals surface area contributed by atoms with Crippen LogP contribution >= 0.6 is 34.8 Å². The highest BCUT2D eigenvalue weighted by molar-refractivity contribution is 6.42. The number of carbonyl (C=O) groups excluding carboxylic acids is 2. The number of piperazine rings is 1. The van der Waals surface area contributed by atoms with Crippen molar-refractivity contribution in [2.75, 3.05) is 39.3 Å². The van der Waals surface area contributed by atoms with E-state index in [1.807, 2.05) is 23.1 Å². The van der Waals surface area contributed by atoms with E-state index in [4.69, 9.17) is 34.8 Å². The Hall–Kier alpha value is -2.31. The summed E-state index contributed by atoms with van der Waals surface area (Å²) in [6.45, 7) is 4.86. The van der Waals surface area contributed by atoms with E-state index in [0.717, 1.165) is 63.1 Å². The molecular weight excluding hydrogens is 505 g/mol. The Kier molecular flexibility index (Phi) is 11.1. The zero-order valence-corrected chi connectivity index (χ0v) is 21.8. The predicted octanol–water partition coefficient (Wildman–Crippen LogP) is 5.80. The molecule has 1 fully saturated rings. The summed E-state index contributed by atoms with van der Waals surface area (Å²) in [6.07, 6.45) is 9.74. The monoisotopic (exact) mass is 533 g/mol. The molecule has 0 spiro atoms. The zero-order valence-electron chi connectivity index (χ0n) is 19.6. The van der Waals surface area contributed by atoms with Gasteiger partial charge in [0.2, 0.25) is 11.8 Å². The van der Waals surface area contributed by atoms with Crippen LogP contribution in [0, 0.1) is 0 Å². The van der Waals surface area contributed by atoms with Gasteiger partial charge in [0.25, 0.3) is 0 Å². The molecule has 0 unspecified atom stereocenters. The van der Waals surface area contributed by atoms with Crippen molar-refractivity contribution >= 4 is 58.8 Å². The van der Waals surface area contributed by atoms with Gasteiger partial charge in [0, 0.05) is 49.9 Å². The SMILES string of the molecule is O=C(/C=C/c1ccc(Cl)cc1)NCCCCCN1CCN(C(=O)/C=C/c2ccc(Cl)c(Cl)c2)CC1. The summed E-state index contributed by atoms with van der Waals surface area (Å²) in [5.41, 5.74) is 1.79. The van der Waals surface area contributed by atoms with Gasteiger partial charge in [0.15, 0.2) is 0 Å². The van der Waals surface area contributed by atoms with Crippen LogP contribution in [-0.4, -0.2) is 60.9 Å². The van der Waals surface area contributed by atoms with Crippen molar-refractivity contribution < 1.29 is 9.59 Å². The second kappa shape index (κ2) is 14.3. The molecule has 1 saturated heterocycles. The Morgan fingerprint density at radius 2 is 1.49 bits per heavy atom. The van der Waals surface area contributed by atoms with Gasteiger partial charge in [-0.3, -0.25) is 14.5 Å². The molecule has 35 heavy (non-hydrogen) atoms. The molecule has 0 saturated carbocycles. The van der Waals surface area contributed by atoms with Crippen molar-refractivity contribution in [1.29, 1.82) is 0 Å². The molecule has 1 aliphatic rings. The molecule has 0 aromatic heterocycles. The third-order valence-corrected chi connectivity index (χ3v) is 6.78. The van der Waals surface area contributed by atoms with E-state index in [0.29, 0.717) is 21.6 Å². The zero-order chi connectivity index (χ0) is 25.0. The number of nitrogens with zero attached hydrogens (tertiary/aromatic N) is 2. The van der Waals surface area contributed by atoms with Gasteiger partial charge >= 0.3 is 0 Å². The van der Waals surface area contributed by atoms with Crippen molar-refractivity contribution in [3.63, 3.8) is 0 Å². The van der Waals surface area contributed by atoms with E-state index in [-0.39, 0.29) is 11.8 Å². The van der Waals surface area contributed by atoms with Crippen LogP contribution in [0.3, 0.4) is 0 Å². The fourth-order valence-corrected chi connectivity index (χ4v) is 4.17. The molecule has 1 heterocycles. The third kappa shape index (κ3) is 9.69. The van der Waals surface area contributed by atoms with E-state index < -0.39 is 0 Å². The van der Waals surface area contributed by atoms with Crippen molar-refractivity contribution in [3.05, 3.63) is 80.8 Å². The molecule has 1 N–H and O–H groups in total. The maximum absolute atomic E-state index is 12.5. The summed E-state index contributed by atoms with van der Waals surface area (Å²) in [5.74, 6) is -0.0782. The van der Waals surface area contributed by atoms with E-state index >= 15 is 0 Å². The van der Waals surface area contributed by atoms with E-state index in [9.17, 15) is 9.59 Å². The minimum Gasteiger partial charge on any atom is -0.353 e. The quantitative estimate of drug-likeness (QED) is 0.309. The van der Waals surface area contributed by atoms with Crippen LogP contribution in [0.1, 0.15) is 30.4 Å². The standard InChI is InChI=1S/C27H30Cl3N3O2/c28-23-9-4-21(5-10-23)7-12-26(34)31-14-2-1-3-15-32-16-18-33(19-17-32)27(35)13-8-22-6-11-24(29)25(30)20-22/h4-13,20H,1-3,14-19H2,(H,31,34)/b12-7+,13-8+. The molecule has 2 aromatic rings. The van der Waals surface area contributed by atoms with Crippen molar-refractivity contribution in [3.8, 4) is 0 Å². The van der Waals surface area contributed by atoms with Crippen LogP contribution in [0.4, 0.5) is 0 Å². The fourth-order valence-electron chi connectivity index (χ4n) is 3.73. The summed E-state index contributed by atoms with van der Waals surface area (Å²) < 4.78 is 0. The molecule has 0 radical (unpaired) electrons. The molecule has 3 rings (SSSR count). The van der Waals surface area contributed by atoms with Gasteiger partial charge in [-0.2, -0.15) is 0 Å². The number of unbranched alkanes of at least 4 members (excludes halogenated alkanes) is 2. The van der Waals surface area contributed by atoms with E-state index in [1.54, 1.807) is 48.6 Å². The highest BCUT2D eigenvalue weighted by atomic mass is 35.5. The lowest BCUT2D eigenvalue weighted by Gasteiger charge is -2.34. The second-order valence-corrected chi connectivity index (χ2v) is 9.66. The van der Waals surface area contributed by atoms with Gasteiger partial charge in [-0.05, 0) is 66.9 Å². The van der Waals surface area contributed by atoms with E-state index in [1.165, 1.54) is 0 Å². The van der Waals surface area contributed by atoms with Gasteiger partial charge in [0.05, 0.1) is 10.0 Å². The van der Waals surface area contributed by atoms with Crippen LogP contribution in [0.5, 0.6) is 0 Å². The van der Waals surface area contributed by atoms with Gasteiger partial charge in [0.1, 0.15) is 0 Å². The third-order valence-electron chi connectivity index (χ3n) is 5.79.